The normalized spacial score (nSPS) is 35.9. The lowest BCUT2D eigenvalue weighted by Crippen LogP contribution is -2.68. The van der Waals surface area contributed by atoms with Crippen molar-refractivity contribution < 1.29 is 33.7 Å². The Labute approximate surface area is 131 Å². The second kappa shape index (κ2) is 6.91. The number of rotatable bonds is 4. The minimum Gasteiger partial charge on any atom is -0.457 e. The number of esters is 2. The summed E-state index contributed by atoms with van der Waals surface area (Å²) in [5.74, 6) is -4.99. The molecule has 7 nitrogen and oxygen atoms in total. The molecule has 1 saturated heterocycles. The van der Waals surface area contributed by atoms with E-state index in [9.17, 15) is 19.5 Å². The Morgan fingerprint density at radius 3 is 2.10 bits per heavy atom. The van der Waals surface area contributed by atoms with Crippen LogP contribution < -0.4 is 0 Å². The van der Waals surface area contributed by atoms with Crippen molar-refractivity contribution in [3.63, 3.8) is 0 Å². The van der Waals surface area contributed by atoms with Gasteiger partial charge in [0.2, 0.25) is 6.10 Å². The van der Waals surface area contributed by atoms with Gasteiger partial charge in [-0.25, -0.2) is 0 Å². The van der Waals surface area contributed by atoms with Gasteiger partial charge in [0.15, 0.2) is 11.9 Å². The van der Waals surface area contributed by atoms with E-state index in [0.717, 1.165) is 20.8 Å². The predicted octanol–water partition coefficient (Wildman–Crippen LogP) is 0.372. The average molecular weight is 343 g/mol. The van der Waals surface area contributed by atoms with Crippen LogP contribution in [0.5, 0.6) is 0 Å². The fourth-order valence-electron chi connectivity index (χ4n) is 2.01. The zero-order valence-corrected chi connectivity index (χ0v) is 13.2. The van der Waals surface area contributed by atoms with Crippen molar-refractivity contribution in [3.8, 4) is 0 Å². The van der Waals surface area contributed by atoms with Gasteiger partial charge in [0.05, 0.1) is 12.0 Å². The van der Waals surface area contributed by atoms with Crippen molar-refractivity contribution in [2.75, 3.05) is 5.88 Å². The van der Waals surface area contributed by atoms with E-state index in [1.54, 1.807) is 0 Å². The molecule has 0 aliphatic carbocycles. The standard InChI is InChI=1S/C12H16Cl2O7/c1-5(15)12(18)11(20-7(3)17)10(19-6(2)16)9(14)8(4-13)21-12/h8-11,18H,4H2,1-3H3/t8-,9-,10+,11-,12?/m1/s1. The summed E-state index contributed by atoms with van der Waals surface area (Å²) < 4.78 is 15.1. The third kappa shape index (κ3) is 3.85. The number of halogens is 2. The molecular weight excluding hydrogens is 327 g/mol. The Hall–Kier alpha value is -0.890. The number of alkyl halides is 2. The Kier molecular flexibility index (Phi) is 5.98. The molecule has 1 aliphatic heterocycles. The highest BCUT2D eigenvalue weighted by Gasteiger charge is 2.59. The fraction of sp³-hybridized carbons (Fsp3) is 0.750. The van der Waals surface area contributed by atoms with Crippen LogP contribution in [-0.2, 0) is 28.6 Å². The van der Waals surface area contributed by atoms with E-state index < -0.39 is 47.2 Å². The molecule has 0 aromatic rings. The average Bonchev–Trinajstić information content (AvgIpc) is 2.36. The highest BCUT2D eigenvalue weighted by molar-refractivity contribution is 6.23. The lowest BCUT2D eigenvalue weighted by atomic mass is 9.92. The number of hydrogen-bond acceptors (Lipinski definition) is 7. The van der Waals surface area contributed by atoms with Gasteiger partial charge < -0.3 is 19.3 Å². The van der Waals surface area contributed by atoms with Gasteiger partial charge in [0, 0.05) is 20.8 Å². The van der Waals surface area contributed by atoms with Crippen LogP contribution in [-0.4, -0.2) is 58.2 Å². The van der Waals surface area contributed by atoms with Crippen LogP contribution in [0.15, 0.2) is 0 Å². The number of Topliss-reactive ketones (excluding diaryl/α,β-unsaturated/α-hetero) is 1. The lowest BCUT2D eigenvalue weighted by Gasteiger charge is -2.46. The molecule has 1 unspecified atom stereocenters. The van der Waals surface area contributed by atoms with Gasteiger partial charge in [0.1, 0.15) is 5.38 Å². The van der Waals surface area contributed by atoms with Crippen LogP contribution >= 0.6 is 23.2 Å². The first-order valence-electron chi connectivity index (χ1n) is 6.09. The first-order valence-corrected chi connectivity index (χ1v) is 7.06. The molecule has 21 heavy (non-hydrogen) atoms. The first kappa shape index (κ1) is 18.2. The third-order valence-electron chi connectivity index (χ3n) is 2.94. The highest BCUT2D eigenvalue weighted by Crippen LogP contribution is 2.36. The third-order valence-corrected chi connectivity index (χ3v) is 3.77. The largest absolute Gasteiger partial charge is 0.457 e. The quantitative estimate of drug-likeness (QED) is 0.582. The van der Waals surface area contributed by atoms with Gasteiger partial charge in [0.25, 0.3) is 5.79 Å². The minimum absolute atomic E-state index is 0.158. The molecule has 1 N–H and O–H groups in total. The number of carbonyl (C=O) groups excluding carboxylic acids is 3. The van der Waals surface area contributed by atoms with E-state index in [2.05, 4.69) is 0 Å². The SMILES string of the molecule is CC(=O)O[C@H]1[C@H](Cl)[C@@H](CCl)OC(O)(C(C)=O)[C@@H]1OC(C)=O. The molecule has 1 heterocycles. The summed E-state index contributed by atoms with van der Waals surface area (Å²) in [5, 5.41) is 9.40. The lowest BCUT2D eigenvalue weighted by molar-refractivity contribution is -0.301. The Morgan fingerprint density at radius 1 is 1.19 bits per heavy atom. The van der Waals surface area contributed by atoms with Crippen molar-refractivity contribution in [3.05, 3.63) is 0 Å². The fourth-order valence-corrected chi connectivity index (χ4v) is 2.68. The van der Waals surface area contributed by atoms with Crippen molar-refractivity contribution in [2.45, 2.75) is 50.2 Å². The van der Waals surface area contributed by atoms with Gasteiger partial charge in [-0.05, 0) is 0 Å². The number of carbonyl (C=O) groups is 3. The summed E-state index contributed by atoms with van der Waals surface area (Å²) in [6.07, 6.45) is -3.84. The molecule has 0 aromatic heterocycles. The van der Waals surface area contributed by atoms with Crippen molar-refractivity contribution >= 4 is 40.9 Å². The zero-order valence-electron chi connectivity index (χ0n) is 11.7. The smallest absolute Gasteiger partial charge is 0.303 e. The second-order valence-corrected chi connectivity index (χ2v) is 5.42. The summed E-state index contributed by atoms with van der Waals surface area (Å²) in [5.41, 5.74) is 0. The molecule has 0 bridgehead atoms. The van der Waals surface area contributed by atoms with Crippen LogP contribution in [0, 0.1) is 0 Å². The highest BCUT2D eigenvalue weighted by atomic mass is 35.5. The maximum atomic E-state index is 11.7. The van der Waals surface area contributed by atoms with E-state index in [-0.39, 0.29) is 5.88 Å². The molecule has 0 spiro atoms. The molecule has 1 rings (SSSR count). The summed E-state index contributed by atoms with van der Waals surface area (Å²) >= 11 is 11.8. The molecule has 1 fully saturated rings. The second-order valence-electron chi connectivity index (χ2n) is 4.61. The molecule has 120 valence electrons. The van der Waals surface area contributed by atoms with Gasteiger partial charge in [-0.15, -0.1) is 23.2 Å². The number of hydrogen-bond donors (Lipinski definition) is 1. The van der Waals surface area contributed by atoms with Crippen LogP contribution in [0.2, 0.25) is 0 Å². The molecule has 0 amide bonds. The maximum absolute atomic E-state index is 11.7. The number of ether oxygens (including phenoxy) is 3. The van der Waals surface area contributed by atoms with Crippen LogP contribution in [0.25, 0.3) is 0 Å². The van der Waals surface area contributed by atoms with Gasteiger partial charge in [-0.1, -0.05) is 0 Å². The van der Waals surface area contributed by atoms with Gasteiger partial charge >= 0.3 is 11.9 Å². The zero-order chi connectivity index (χ0) is 16.4. The molecule has 5 atom stereocenters. The number of ketones is 1. The molecule has 1 aliphatic rings. The van der Waals surface area contributed by atoms with Crippen molar-refractivity contribution in [1.82, 2.24) is 0 Å². The predicted molar refractivity (Wildman–Crippen MR) is 72.0 cm³/mol. The van der Waals surface area contributed by atoms with Crippen molar-refractivity contribution in [1.29, 1.82) is 0 Å². The molecule has 0 saturated carbocycles. The van der Waals surface area contributed by atoms with Crippen LogP contribution in [0.3, 0.4) is 0 Å². The summed E-state index contributed by atoms with van der Waals surface area (Å²) in [7, 11) is 0. The van der Waals surface area contributed by atoms with Gasteiger partial charge in [-0.3, -0.25) is 14.4 Å². The molecule has 0 radical (unpaired) electrons. The molecule has 0 aromatic carbocycles. The summed E-state index contributed by atoms with van der Waals surface area (Å²) in [6.45, 7) is 3.23. The van der Waals surface area contributed by atoms with E-state index in [1.807, 2.05) is 0 Å². The van der Waals surface area contributed by atoms with E-state index in [1.165, 1.54) is 0 Å². The summed E-state index contributed by atoms with van der Waals surface area (Å²) in [6, 6.07) is 0. The number of aliphatic hydroxyl groups is 1. The van der Waals surface area contributed by atoms with Gasteiger partial charge in [-0.2, -0.15) is 0 Å². The van der Waals surface area contributed by atoms with Crippen LogP contribution in [0.4, 0.5) is 0 Å². The maximum Gasteiger partial charge on any atom is 0.303 e. The Balaban J connectivity index is 3.25. The van der Waals surface area contributed by atoms with Crippen molar-refractivity contribution in [2.24, 2.45) is 0 Å². The van der Waals surface area contributed by atoms with Crippen LogP contribution in [0.1, 0.15) is 20.8 Å². The topological polar surface area (TPSA) is 99.1 Å². The Morgan fingerprint density at radius 2 is 1.71 bits per heavy atom. The monoisotopic (exact) mass is 342 g/mol. The molecular formula is C12H16Cl2O7. The molecule has 9 heteroatoms. The van der Waals surface area contributed by atoms with E-state index in [4.69, 9.17) is 37.4 Å². The summed E-state index contributed by atoms with van der Waals surface area (Å²) in [4.78, 5) is 34.1. The van der Waals surface area contributed by atoms with E-state index >= 15 is 0 Å². The van der Waals surface area contributed by atoms with E-state index in [0.29, 0.717) is 0 Å². The minimum atomic E-state index is -2.49. The Bertz CT molecular complexity index is 441. The first-order chi connectivity index (χ1) is 9.63.